The van der Waals surface area contributed by atoms with Crippen molar-refractivity contribution in [2.45, 2.75) is 0 Å². The van der Waals surface area contributed by atoms with Crippen LogP contribution in [-0.4, -0.2) is 0 Å². The molecule has 0 fully saturated rings. The van der Waals surface area contributed by atoms with Gasteiger partial charge in [0, 0.05) is 0 Å². The van der Waals surface area contributed by atoms with E-state index in [4.69, 9.17) is 22.6 Å². The average Bonchev–Trinajstić information content (AvgIpc) is 0.592. The molecule has 0 spiro atoms. The molecule has 0 amide bonds. The molecule has 0 aliphatic heterocycles. The van der Waals surface area contributed by atoms with Crippen molar-refractivity contribution in [3.63, 3.8) is 0 Å². The van der Waals surface area contributed by atoms with Gasteiger partial charge in [0.2, 0.25) is 0 Å². The zero-order valence-electron chi connectivity index (χ0n) is 8.77. The Labute approximate surface area is 210 Å². The van der Waals surface area contributed by atoms with Crippen molar-refractivity contribution in [2.75, 3.05) is 0 Å². The fraction of sp³-hybridized carbons (Fsp3) is 0. The van der Waals surface area contributed by atoms with Crippen LogP contribution in [0.2, 0.25) is 0 Å². The van der Waals surface area contributed by atoms with Crippen LogP contribution in [0.3, 0.4) is 0 Å². The summed E-state index contributed by atoms with van der Waals surface area (Å²) in [4.78, 5) is 0. The molecule has 6 nitrogen and oxygen atoms in total. The first-order valence-corrected chi connectivity index (χ1v) is 6.34. The molecular weight excluding hydrogens is 429 g/mol. The van der Waals surface area contributed by atoms with Gasteiger partial charge in [0.1, 0.15) is 0 Å². The van der Waals surface area contributed by atoms with Crippen molar-refractivity contribution in [3.05, 3.63) is 0 Å². The minimum atomic E-state index is -9.62. The molecule has 0 aromatic heterocycles. The van der Waals surface area contributed by atoms with Crippen molar-refractivity contribution in [3.8, 4) is 0 Å². The Kier molecular flexibility index (Phi) is 40.1. The van der Waals surface area contributed by atoms with Crippen molar-refractivity contribution in [1.82, 2.24) is 0 Å². The van der Waals surface area contributed by atoms with Gasteiger partial charge in [-0.2, -0.15) is 0 Å². The van der Waals surface area contributed by atoms with E-state index in [1.165, 1.54) is 0 Å². The van der Waals surface area contributed by atoms with E-state index in [9.17, 15) is 0 Å². The zero-order chi connectivity index (χ0) is 6.41. The van der Waals surface area contributed by atoms with Gasteiger partial charge in [-0.15, -0.1) is 0 Å². The Bertz CT molecular complexity index is 75.7. The van der Waals surface area contributed by atoms with Gasteiger partial charge in [-0.3, -0.25) is 0 Å². The summed E-state index contributed by atoms with van der Waals surface area (Å²) < 4.78 is 52.0. The van der Waals surface area contributed by atoms with Crippen LogP contribution in [0, 0.1) is 0 Å². The summed E-state index contributed by atoms with van der Waals surface area (Å²) in [5.41, 5.74) is 0. The molecule has 0 aromatic carbocycles. The maximum absolute atomic E-state index is 9.62. The molecule has 0 N–H and O–H groups in total. The van der Waals surface area contributed by atoms with Gasteiger partial charge in [-0.25, -0.2) is 0 Å². The van der Waals surface area contributed by atoms with Crippen LogP contribution in [0.15, 0.2) is 0 Å². The van der Waals surface area contributed by atoms with Crippen molar-refractivity contribution >= 4 is 0 Å². The van der Waals surface area contributed by atoms with E-state index in [-0.39, 0.29) is 177 Å². The number of rotatable bonds is 0. The van der Waals surface area contributed by atoms with Crippen LogP contribution in [0.5, 0.6) is 0 Å². The molecule has 0 heterocycles. The molecule has 0 aliphatic carbocycles. The van der Waals surface area contributed by atoms with E-state index < -0.39 is 15.8 Å². The third-order valence-corrected chi connectivity index (χ3v) is 0. The third kappa shape index (κ3) is 120. The Morgan fingerprint density at radius 3 is 0.385 bits per heavy atom. The van der Waals surface area contributed by atoms with E-state index >= 15 is 0 Å². The SMILES string of the molecule is [Na+].[Na+].[Na+].[Na+].[Na+].[Na+].[O-][Pt]([O-])([O-])([O-])([O-])[O-]. The second-order valence-electron chi connectivity index (χ2n) is 0.791. The summed E-state index contributed by atoms with van der Waals surface area (Å²) in [5, 5.41) is 0. The molecule has 0 radical (unpaired) electrons. The van der Waals surface area contributed by atoms with Gasteiger partial charge < -0.3 is 0 Å². The van der Waals surface area contributed by atoms with Crippen LogP contribution in [-0.2, 0) is 15.8 Å². The molecule has 0 saturated carbocycles. The number of hydrogen-bond donors (Lipinski definition) is 0. The fourth-order valence-electron chi connectivity index (χ4n) is 0. The fourth-order valence-corrected chi connectivity index (χ4v) is 0. The van der Waals surface area contributed by atoms with Gasteiger partial charge in [0.05, 0.1) is 0 Å². The summed E-state index contributed by atoms with van der Waals surface area (Å²) in [5.74, 6) is 0. The van der Waals surface area contributed by atoms with Crippen LogP contribution in [0.1, 0.15) is 0 Å². The summed E-state index contributed by atoms with van der Waals surface area (Å²) in [7, 11) is 0. The van der Waals surface area contributed by atoms with Crippen LogP contribution in [0.4, 0.5) is 0 Å². The molecule has 13 heavy (non-hydrogen) atoms. The molecule has 13 heteroatoms. The first kappa shape index (κ1) is 42.7. The van der Waals surface area contributed by atoms with E-state index in [1.54, 1.807) is 0 Å². The minimum absolute atomic E-state index is 0. The van der Waals surface area contributed by atoms with Gasteiger partial charge in [-0.05, 0) is 0 Å². The first-order chi connectivity index (χ1) is 2.45. The monoisotopic (exact) mass is 429 g/mol. The predicted octanol–water partition coefficient (Wildman–Crippen LogP) is -25.1. The quantitative estimate of drug-likeness (QED) is 0.351. The van der Waals surface area contributed by atoms with Gasteiger partial charge >= 0.3 is 216 Å². The molecule has 0 atom stereocenters. The molecule has 0 aromatic rings. The summed E-state index contributed by atoms with van der Waals surface area (Å²) >= 11 is -9.62. The summed E-state index contributed by atoms with van der Waals surface area (Å²) in [6.45, 7) is 0. The van der Waals surface area contributed by atoms with Crippen LogP contribution < -0.4 is 200 Å². The van der Waals surface area contributed by atoms with E-state index in [2.05, 4.69) is 0 Å². The van der Waals surface area contributed by atoms with Gasteiger partial charge in [-0.1, -0.05) is 0 Å². The van der Waals surface area contributed by atoms with Crippen LogP contribution in [0.25, 0.3) is 0 Å². The van der Waals surface area contributed by atoms with Crippen LogP contribution >= 0.6 is 0 Å². The van der Waals surface area contributed by atoms with Gasteiger partial charge in [0.25, 0.3) is 0 Å². The van der Waals surface area contributed by atoms with Crippen molar-refractivity contribution < 1.29 is 216 Å². The predicted molar refractivity (Wildman–Crippen MR) is 0 cm³/mol. The molecule has 0 saturated heterocycles. The maximum atomic E-state index is 8.66. The van der Waals surface area contributed by atoms with Crippen molar-refractivity contribution in [2.24, 2.45) is 0 Å². The second kappa shape index (κ2) is 12.2. The first-order valence-electron chi connectivity index (χ1n) is 0.775. The molecule has 0 bridgehead atoms. The standard InChI is InChI=1S/6Na.6O.Pt/q6*+1;6*-1;. The number of hydrogen-bond acceptors (Lipinski definition) is 6. The molecular formula is Na6O6Pt. The van der Waals surface area contributed by atoms with Gasteiger partial charge in [0.15, 0.2) is 0 Å². The molecule has 0 unspecified atom stereocenters. The Balaban J connectivity index is -0.0000000120. The zero-order valence-corrected chi connectivity index (χ0v) is 23.0. The molecule has 52 valence electrons. The normalized spacial score (nSPS) is 12.5. The summed E-state index contributed by atoms with van der Waals surface area (Å²) in [6, 6.07) is 0. The van der Waals surface area contributed by atoms with E-state index in [0.717, 1.165) is 0 Å². The topological polar surface area (TPSA) is 138 Å². The Hall–Kier alpha value is 6.45. The average molecular weight is 429 g/mol. The third-order valence-electron chi connectivity index (χ3n) is 0. The van der Waals surface area contributed by atoms with E-state index in [0.29, 0.717) is 0 Å². The van der Waals surface area contributed by atoms with E-state index in [1.807, 2.05) is 0 Å². The van der Waals surface area contributed by atoms with Crippen molar-refractivity contribution in [1.29, 1.82) is 0 Å². The summed E-state index contributed by atoms with van der Waals surface area (Å²) in [6.07, 6.45) is 0. The molecule has 0 rings (SSSR count). The molecule has 0 aliphatic rings. The second-order valence-corrected chi connectivity index (χ2v) is 6.47. The Morgan fingerprint density at radius 2 is 0.385 bits per heavy atom. The Morgan fingerprint density at radius 1 is 0.385 bits per heavy atom.